The van der Waals surface area contributed by atoms with Crippen LogP contribution in [0.2, 0.25) is 25.1 Å². The summed E-state index contributed by atoms with van der Waals surface area (Å²) < 4.78 is 0. The third kappa shape index (κ3) is 2.30. The maximum Gasteiger partial charge on any atom is 0.0785 e. The molecule has 6 aromatic carbocycles. The van der Waals surface area contributed by atoms with Gasteiger partial charge in [0.25, 0.3) is 0 Å². The zero-order valence-electron chi connectivity index (χ0n) is 14.6. The van der Waals surface area contributed by atoms with E-state index < -0.39 is 0 Å². The van der Waals surface area contributed by atoms with Gasteiger partial charge in [-0.3, -0.25) is 0 Å². The molecule has 0 bridgehead atoms. The van der Waals surface area contributed by atoms with E-state index >= 15 is 0 Å². The minimum Gasteiger partial charge on any atom is -0.0836 e. The maximum absolute atomic E-state index is 6.80. The minimum absolute atomic E-state index is 0.357. The van der Waals surface area contributed by atoms with E-state index in [0.717, 1.165) is 53.9 Å². The van der Waals surface area contributed by atoms with Crippen molar-refractivity contribution in [3.05, 3.63) is 79.7 Å². The summed E-state index contributed by atoms with van der Waals surface area (Å²) in [6.07, 6.45) is 0. The minimum atomic E-state index is 0.357. The molecule has 0 N–H and O–H groups in total. The number of fused-ring (bicyclic) bond motifs is 5. The van der Waals surface area contributed by atoms with Crippen LogP contribution in [0.3, 0.4) is 0 Å². The number of halogens is 5. The predicted molar refractivity (Wildman–Crippen MR) is 130 cm³/mol. The zero-order valence-corrected chi connectivity index (χ0v) is 18.4. The van der Waals surface area contributed by atoms with Crippen molar-refractivity contribution in [2.45, 2.75) is 0 Å². The highest BCUT2D eigenvalue weighted by Crippen LogP contribution is 2.51. The average Bonchev–Trinajstić information content (AvgIpc) is 2.71. The molecule has 0 fully saturated rings. The van der Waals surface area contributed by atoms with Gasteiger partial charge >= 0.3 is 0 Å². The molecule has 140 valence electrons. The number of rotatable bonds is 0. The molecule has 0 radical (unpaired) electrons. The highest BCUT2D eigenvalue weighted by Gasteiger charge is 2.22. The molecule has 0 unspecified atom stereocenters. The van der Waals surface area contributed by atoms with E-state index in [1.54, 1.807) is 0 Å². The summed E-state index contributed by atoms with van der Waals surface area (Å²) in [4.78, 5) is 0. The van der Waals surface area contributed by atoms with E-state index in [2.05, 4.69) is 18.2 Å². The first-order valence-electron chi connectivity index (χ1n) is 8.91. The standard InChI is InChI=1S/C24H9Cl5/c25-15-6-5-13-14-9-17(27)23(28)24(29)21(14)19-12-4-2-1-3-10(12)7-11-8-16(26)22(15)20(13)18(11)19/h1-9H. The molecular formula is C24H9Cl5. The van der Waals surface area contributed by atoms with Gasteiger partial charge in [-0.2, -0.15) is 0 Å². The van der Waals surface area contributed by atoms with Crippen molar-refractivity contribution in [2.24, 2.45) is 0 Å². The molecule has 6 aromatic rings. The molecule has 0 atom stereocenters. The zero-order chi connectivity index (χ0) is 20.0. The Morgan fingerprint density at radius 1 is 0.414 bits per heavy atom. The molecule has 6 rings (SSSR count). The maximum atomic E-state index is 6.80. The first-order valence-corrected chi connectivity index (χ1v) is 10.8. The molecule has 0 spiro atoms. The van der Waals surface area contributed by atoms with Crippen molar-refractivity contribution in [2.75, 3.05) is 0 Å². The number of hydrogen-bond donors (Lipinski definition) is 0. The largest absolute Gasteiger partial charge is 0.0836 e. The van der Waals surface area contributed by atoms with E-state index in [0.29, 0.717) is 25.1 Å². The lowest BCUT2D eigenvalue weighted by molar-refractivity contribution is 1.78. The Kier molecular flexibility index (Phi) is 3.86. The van der Waals surface area contributed by atoms with Crippen molar-refractivity contribution in [1.29, 1.82) is 0 Å². The van der Waals surface area contributed by atoms with Crippen molar-refractivity contribution in [3.63, 3.8) is 0 Å². The molecule has 0 nitrogen and oxygen atoms in total. The quantitative estimate of drug-likeness (QED) is 0.117. The topological polar surface area (TPSA) is 0 Å². The van der Waals surface area contributed by atoms with Crippen LogP contribution in [-0.4, -0.2) is 0 Å². The molecule has 5 heteroatoms. The monoisotopic (exact) mass is 472 g/mol. The van der Waals surface area contributed by atoms with Gasteiger partial charge in [-0.05, 0) is 56.6 Å². The Bertz CT molecular complexity index is 1650. The molecule has 0 aliphatic rings. The lowest BCUT2D eigenvalue weighted by Crippen LogP contribution is -1.91. The van der Waals surface area contributed by atoms with Crippen LogP contribution in [0.15, 0.2) is 54.6 Å². The number of hydrogen-bond acceptors (Lipinski definition) is 0. The van der Waals surface area contributed by atoms with Crippen molar-refractivity contribution < 1.29 is 0 Å². The van der Waals surface area contributed by atoms with Crippen LogP contribution in [0.1, 0.15) is 0 Å². The summed E-state index contributed by atoms with van der Waals surface area (Å²) >= 11 is 33.0. The van der Waals surface area contributed by atoms with E-state index in [1.807, 2.05) is 36.4 Å². The summed E-state index contributed by atoms with van der Waals surface area (Å²) in [5, 5.41) is 12.5. The first-order chi connectivity index (χ1) is 14.0. The second-order valence-corrected chi connectivity index (χ2v) is 9.16. The Hall–Kier alpha value is -1.67. The molecule has 0 amide bonds. The third-order valence-electron chi connectivity index (χ3n) is 5.71. The van der Waals surface area contributed by atoms with Crippen LogP contribution < -0.4 is 0 Å². The first kappa shape index (κ1) is 18.1. The third-order valence-corrected chi connectivity index (χ3v) is 7.58. The second kappa shape index (κ2) is 6.17. The molecular weight excluding hydrogens is 466 g/mol. The van der Waals surface area contributed by atoms with Gasteiger partial charge in [-0.1, -0.05) is 88.3 Å². The molecule has 0 heterocycles. The van der Waals surface area contributed by atoms with Crippen LogP contribution in [0.4, 0.5) is 0 Å². The van der Waals surface area contributed by atoms with Gasteiger partial charge in [0.05, 0.1) is 20.1 Å². The second-order valence-electron chi connectivity index (χ2n) is 7.18. The molecule has 0 saturated heterocycles. The van der Waals surface area contributed by atoms with Crippen molar-refractivity contribution in [1.82, 2.24) is 0 Å². The fourth-order valence-corrected chi connectivity index (χ4v) is 5.89. The van der Waals surface area contributed by atoms with Gasteiger partial charge in [0.2, 0.25) is 0 Å². The Morgan fingerprint density at radius 2 is 1.17 bits per heavy atom. The molecule has 0 saturated carbocycles. The molecule has 0 aliphatic heterocycles. The van der Waals surface area contributed by atoms with E-state index in [1.165, 1.54) is 0 Å². The van der Waals surface area contributed by atoms with Gasteiger partial charge in [0.1, 0.15) is 0 Å². The molecule has 0 aromatic heterocycles. The van der Waals surface area contributed by atoms with Crippen LogP contribution in [0, 0.1) is 0 Å². The van der Waals surface area contributed by atoms with Crippen LogP contribution in [-0.2, 0) is 0 Å². The fourth-order valence-electron chi connectivity index (χ4n) is 4.57. The lowest BCUT2D eigenvalue weighted by Gasteiger charge is -2.19. The Labute approximate surface area is 190 Å². The van der Waals surface area contributed by atoms with Gasteiger partial charge in [0.15, 0.2) is 0 Å². The van der Waals surface area contributed by atoms with E-state index in [-0.39, 0.29) is 0 Å². The highest BCUT2D eigenvalue weighted by molar-refractivity contribution is 6.55. The molecule has 29 heavy (non-hydrogen) atoms. The predicted octanol–water partition coefficient (Wildman–Crippen LogP) is 10.2. The van der Waals surface area contributed by atoms with Crippen LogP contribution >= 0.6 is 58.0 Å². The van der Waals surface area contributed by atoms with E-state index in [9.17, 15) is 0 Å². The summed E-state index contributed by atoms with van der Waals surface area (Å²) in [6.45, 7) is 0. The van der Waals surface area contributed by atoms with Gasteiger partial charge in [-0.15, -0.1) is 0 Å². The van der Waals surface area contributed by atoms with Gasteiger partial charge in [-0.25, -0.2) is 0 Å². The van der Waals surface area contributed by atoms with Crippen LogP contribution in [0.25, 0.3) is 53.9 Å². The summed E-state index contributed by atoms with van der Waals surface area (Å²) in [5.74, 6) is 0. The van der Waals surface area contributed by atoms with Gasteiger partial charge in [0, 0.05) is 26.6 Å². The lowest BCUT2D eigenvalue weighted by atomic mass is 9.86. The van der Waals surface area contributed by atoms with Crippen molar-refractivity contribution >= 4 is 112 Å². The Balaban J connectivity index is 2.15. The summed E-state index contributed by atoms with van der Waals surface area (Å²) in [7, 11) is 0. The molecule has 0 aliphatic carbocycles. The average molecular weight is 475 g/mol. The van der Waals surface area contributed by atoms with E-state index in [4.69, 9.17) is 58.0 Å². The van der Waals surface area contributed by atoms with Crippen molar-refractivity contribution in [3.8, 4) is 0 Å². The SMILES string of the molecule is Clc1cc2c3ccc(Cl)c4c(Cl)cc5cc6ccccc6c(c2c(Cl)c1Cl)c5c43. The highest BCUT2D eigenvalue weighted by atomic mass is 35.5. The van der Waals surface area contributed by atoms with Crippen LogP contribution in [0.5, 0.6) is 0 Å². The summed E-state index contributed by atoms with van der Waals surface area (Å²) in [5.41, 5.74) is 0. The normalized spacial score (nSPS) is 12.3. The Morgan fingerprint density at radius 3 is 2.00 bits per heavy atom. The fraction of sp³-hybridized carbons (Fsp3) is 0. The number of benzene rings is 6. The van der Waals surface area contributed by atoms with Gasteiger partial charge < -0.3 is 0 Å². The summed E-state index contributed by atoms with van der Waals surface area (Å²) in [6, 6.07) is 18.1. The smallest absolute Gasteiger partial charge is 0.0785 e.